The van der Waals surface area contributed by atoms with Gasteiger partial charge in [-0.3, -0.25) is 0 Å². The SMILES string of the molecule is COc1ccc(C)cc1CC(C)(O)C(=O)O. The normalized spacial score (nSPS) is 14.2. The van der Waals surface area contributed by atoms with Crippen molar-refractivity contribution in [2.45, 2.75) is 25.9 Å². The minimum atomic E-state index is -1.78. The number of hydrogen-bond donors (Lipinski definition) is 2. The Balaban J connectivity index is 3.04. The fraction of sp³-hybridized carbons (Fsp3) is 0.417. The highest BCUT2D eigenvalue weighted by Crippen LogP contribution is 2.24. The summed E-state index contributed by atoms with van der Waals surface area (Å²) < 4.78 is 5.12. The summed E-state index contributed by atoms with van der Waals surface area (Å²) >= 11 is 0. The second-order valence-corrected chi connectivity index (χ2v) is 4.07. The van der Waals surface area contributed by atoms with Crippen LogP contribution in [0.25, 0.3) is 0 Å². The standard InChI is InChI=1S/C12H16O4/c1-8-4-5-10(16-3)9(6-8)7-12(2,15)11(13)14/h4-6,15H,7H2,1-3H3,(H,13,14). The summed E-state index contributed by atoms with van der Waals surface area (Å²) in [6.45, 7) is 3.18. The zero-order chi connectivity index (χ0) is 12.3. The van der Waals surface area contributed by atoms with Crippen LogP contribution in [0.3, 0.4) is 0 Å². The van der Waals surface area contributed by atoms with Crippen LogP contribution in [0, 0.1) is 6.92 Å². The molecule has 0 amide bonds. The summed E-state index contributed by atoms with van der Waals surface area (Å²) in [6, 6.07) is 5.46. The van der Waals surface area contributed by atoms with E-state index in [9.17, 15) is 9.90 Å². The number of aryl methyl sites for hydroxylation is 1. The number of ether oxygens (including phenoxy) is 1. The lowest BCUT2D eigenvalue weighted by atomic mass is 9.95. The molecule has 0 aliphatic rings. The topological polar surface area (TPSA) is 66.8 Å². The summed E-state index contributed by atoms with van der Waals surface area (Å²) in [4.78, 5) is 10.8. The van der Waals surface area contributed by atoms with Gasteiger partial charge in [0.2, 0.25) is 0 Å². The zero-order valence-electron chi connectivity index (χ0n) is 9.65. The number of carboxylic acid groups (broad SMARTS) is 1. The Morgan fingerprint density at radius 1 is 1.50 bits per heavy atom. The average molecular weight is 224 g/mol. The molecule has 0 aromatic heterocycles. The quantitative estimate of drug-likeness (QED) is 0.810. The maximum absolute atomic E-state index is 10.8. The number of aliphatic carboxylic acids is 1. The van der Waals surface area contributed by atoms with Crippen molar-refractivity contribution in [1.82, 2.24) is 0 Å². The molecule has 16 heavy (non-hydrogen) atoms. The van der Waals surface area contributed by atoms with Crippen LogP contribution < -0.4 is 4.74 Å². The predicted molar refractivity (Wildman–Crippen MR) is 59.7 cm³/mol. The highest BCUT2D eigenvalue weighted by atomic mass is 16.5. The van der Waals surface area contributed by atoms with Crippen LogP contribution in [0.15, 0.2) is 18.2 Å². The average Bonchev–Trinajstić information content (AvgIpc) is 2.17. The van der Waals surface area contributed by atoms with Crippen LogP contribution in [0.5, 0.6) is 5.75 Å². The second kappa shape index (κ2) is 4.53. The first-order valence-electron chi connectivity index (χ1n) is 4.96. The van der Waals surface area contributed by atoms with Crippen molar-refractivity contribution >= 4 is 5.97 Å². The van der Waals surface area contributed by atoms with E-state index in [2.05, 4.69) is 0 Å². The number of rotatable bonds is 4. The molecule has 0 spiro atoms. The lowest BCUT2D eigenvalue weighted by molar-refractivity contribution is -0.156. The third kappa shape index (κ3) is 2.73. The molecular formula is C12H16O4. The van der Waals surface area contributed by atoms with E-state index in [1.54, 1.807) is 6.07 Å². The Bertz CT molecular complexity index is 396. The van der Waals surface area contributed by atoms with Crippen molar-refractivity contribution in [3.05, 3.63) is 29.3 Å². The maximum Gasteiger partial charge on any atom is 0.335 e. The van der Waals surface area contributed by atoms with Crippen LogP contribution in [0.1, 0.15) is 18.1 Å². The van der Waals surface area contributed by atoms with E-state index in [0.29, 0.717) is 11.3 Å². The van der Waals surface area contributed by atoms with Gasteiger partial charge in [-0.15, -0.1) is 0 Å². The minimum Gasteiger partial charge on any atom is -0.496 e. The van der Waals surface area contributed by atoms with Gasteiger partial charge in [0, 0.05) is 6.42 Å². The molecule has 1 aromatic rings. The molecule has 2 N–H and O–H groups in total. The molecule has 0 bridgehead atoms. The Hall–Kier alpha value is -1.55. The van der Waals surface area contributed by atoms with E-state index < -0.39 is 11.6 Å². The van der Waals surface area contributed by atoms with Crippen LogP contribution in [-0.4, -0.2) is 28.9 Å². The fourth-order valence-electron chi connectivity index (χ4n) is 1.49. The van der Waals surface area contributed by atoms with Crippen molar-refractivity contribution in [1.29, 1.82) is 0 Å². The van der Waals surface area contributed by atoms with Gasteiger partial charge in [-0.1, -0.05) is 17.7 Å². The van der Waals surface area contributed by atoms with Crippen molar-refractivity contribution in [3.63, 3.8) is 0 Å². The van der Waals surface area contributed by atoms with Gasteiger partial charge >= 0.3 is 5.97 Å². The van der Waals surface area contributed by atoms with Gasteiger partial charge < -0.3 is 14.9 Å². The molecule has 0 saturated carbocycles. The van der Waals surface area contributed by atoms with E-state index in [1.165, 1.54) is 14.0 Å². The Morgan fingerprint density at radius 3 is 2.62 bits per heavy atom. The summed E-state index contributed by atoms with van der Waals surface area (Å²) in [5, 5.41) is 18.5. The molecule has 1 unspecified atom stereocenters. The molecule has 0 heterocycles. The smallest absolute Gasteiger partial charge is 0.335 e. The molecule has 0 aliphatic heterocycles. The van der Waals surface area contributed by atoms with Crippen LogP contribution in [0.4, 0.5) is 0 Å². The summed E-state index contributed by atoms with van der Waals surface area (Å²) in [5.74, 6) is -0.650. The minimum absolute atomic E-state index is 0.0210. The molecular weight excluding hydrogens is 208 g/mol. The van der Waals surface area contributed by atoms with E-state index in [1.807, 2.05) is 19.1 Å². The van der Waals surface area contributed by atoms with Gasteiger partial charge in [0.05, 0.1) is 7.11 Å². The van der Waals surface area contributed by atoms with Crippen LogP contribution in [0.2, 0.25) is 0 Å². The lowest BCUT2D eigenvalue weighted by Crippen LogP contribution is -2.37. The van der Waals surface area contributed by atoms with E-state index in [4.69, 9.17) is 9.84 Å². The van der Waals surface area contributed by atoms with Gasteiger partial charge in [0.25, 0.3) is 0 Å². The summed E-state index contributed by atoms with van der Waals surface area (Å²) in [6.07, 6.45) is 0.0210. The second-order valence-electron chi connectivity index (χ2n) is 4.07. The molecule has 1 rings (SSSR count). The highest BCUT2D eigenvalue weighted by molar-refractivity contribution is 5.77. The lowest BCUT2D eigenvalue weighted by Gasteiger charge is -2.19. The van der Waals surface area contributed by atoms with Crippen LogP contribution >= 0.6 is 0 Å². The van der Waals surface area contributed by atoms with Gasteiger partial charge in [-0.25, -0.2) is 4.79 Å². The van der Waals surface area contributed by atoms with Gasteiger partial charge in [0.15, 0.2) is 5.60 Å². The fourth-order valence-corrected chi connectivity index (χ4v) is 1.49. The number of methoxy groups -OCH3 is 1. The van der Waals surface area contributed by atoms with Crippen molar-refractivity contribution in [2.75, 3.05) is 7.11 Å². The number of carbonyl (C=O) groups is 1. The Morgan fingerprint density at radius 2 is 2.12 bits per heavy atom. The van der Waals surface area contributed by atoms with E-state index in [-0.39, 0.29) is 6.42 Å². The number of aliphatic hydroxyl groups is 1. The number of carboxylic acids is 1. The Kier molecular flexibility index (Phi) is 3.55. The molecule has 1 aromatic carbocycles. The molecule has 4 nitrogen and oxygen atoms in total. The highest BCUT2D eigenvalue weighted by Gasteiger charge is 2.31. The first-order valence-corrected chi connectivity index (χ1v) is 4.96. The van der Waals surface area contributed by atoms with E-state index in [0.717, 1.165) is 5.56 Å². The van der Waals surface area contributed by atoms with Gasteiger partial charge in [-0.2, -0.15) is 0 Å². The first-order chi connectivity index (χ1) is 7.36. The molecule has 0 aliphatic carbocycles. The molecule has 0 radical (unpaired) electrons. The number of benzene rings is 1. The van der Waals surface area contributed by atoms with Gasteiger partial charge in [-0.05, 0) is 25.5 Å². The zero-order valence-corrected chi connectivity index (χ0v) is 9.65. The summed E-state index contributed by atoms with van der Waals surface area (Å²) in [7, 11) is 1.52. The molecule has 4 heteroatoms. The monoisotopic (exact) mass is 224 g/mol. The largest absolute Gasteiger partial charge is 0.496 e. The van der Waals surface area contributed by atoms with E-state index >= 15 is 0 Å². The third-order valence-electron chi connectivity index (χ3n) is 2.43. The van der Waals surface area contributed by atoms with Gasteiger partial charge in [0.1, 0.15) is 5.75 Å². The van der Waals surface area contributed by atoms with Crippen molar-refractivity contribution < 1.29 is 19.7 Å². The Labute approximate surface area is 94.5 Å². The molecule has 0 fully saturated rings. The maximum atomic E-state index is 10.8. The van der Waals surface area contributed by atoms with Crippen molar-refractivity contribution in [3.8, 4) is 5.75 Å². The van der Waals surface area contributed by atoms with Crippen molar-refractivity contribution in [2.24, 2.45) is 0 Å². The molecule has 88 valence electrons. The van der Waals surface area contributed by atoms with Crippen LogP contribution in [-0.2, 0) is 11.2 Å². The summed E-state index contributed by atoms with van der Waals surface area (Å²) in [5.41, 5.74) is -0.0898. The third-order valence-corrected chi connectivity index (χ3v) is 2.43. The molecule has 1 atom stereocenters. The predicted octanol–water partition coefficient (Wildman–Crippen LogP) is 1.38. The molecule has 0 saturated heterocycles. The first kappa shape index (κ1) is 12.5. The number of hydrogen-bond acceptors (Lipinski definition) is 3.